The van der Waals surface area contributed by atoms with Crippen LogP contribution in [0.3, 0.4) is 0 Å². The first kappa shape index (κ1) is 20.2. The highest BCUT2D eigenvalue weighted by molar-refractivity contribution is 7.10. The average Bonchev–Trinajstić information content (AvgIpc) is 3.11. The molecule has 3 N–H and O–H groups in total. The lowest BCUT2D eigenvalue weighted by Gasteiger charge is -2.17. The molecule has 26 heavy (non-hydrogen) atoms. The van der Waals surface area contributed by atoms with Crippen LogP contribution in [0.2, 0.25) is 0 Å². The second kappa shape index (κ2) is 10.2. The van der Waals surface area contributed by atoms with Crippen molar-refractivity contribution in [2.45, 2.75) is 32.4 Å². The van der Waals surface area contributed by atoms with Crippen molar-refractivity contribution in [3.8, 4) is 11.5 Å². The van der Waals surface area contributed by atoms with Crippen molar-refractivity contribution >= 4 is 22.9 Å². The number of hydrogen-bond donors (Lipinski definition) is 3. The molecular formula is C19H26N2O4S. The number of ether oxygens (including phenoxy) is 2. The standard InChI is InChI=1S/C19H26N2O4S/c1-13(2)20-11-15(22)12-25-17-7-6-14(9-18(17)24-3)21-19(23)10-16-5-4-8-26-16/h4-9,13,15,20,22H,10-12H2,1-3H3,(H,21,23). The first-order chi connectivity index (χ1) is 12.5. The average molecular weight is 378 g/mol. The summed E-state index contributed by atoms with van der Waals surface area (Å²) in [5.41, 5.74) is 0.637. The maximum absolute atomic E-state index is 12.1. The third kappa shape index (κ3) is 6.67. The quantitative estimate of drug-likeness (QED) is 0.592. The van der Waals surface area contributed by atoms with E-state index in [1.165, 1.54) is 7.11 Å². The van der Waals surface area contributed by atoms with Gasteiger partial charge in [-0.1, -0.05) is 19.9 Å². The number of nitrogens with one attached hydrogen (secondary N) is 2. The predicted octanol–water partition coefficient (Wildman–Crippen LogP) is 2.68. The lowest BCUT2D eigenvalue weighted by Crippen LogP contribution is -2.35. The van der Waals surface area contributed by atoms with Gasteiger partial charge in [-0.05, 0) is 23.6 Å². The van der Waals surface area contributed by atoms with Gasteiger partial charge < -0.3 is 25.2 Å². The highest BCUT2D eigenvalue weighted by atomic mass is 32.1. The van der Waals surface area contributed by atoms with E-state index in [0.29, 0.717) is 36.2 Å². The molecule has 0 spiro atoms. The molecule has 142 valence electrons. The van der Waals surface area contributed by atoms with Crippen molar-refractivity contribution in [3.63, 3.8) is 0 Å². The number of thiophene rings is 1. The van der Waals surface area contributed by atoms with Crippen LogP contribution in [-0.2, 0) is 11.2 Å². The summed E-state index contributed by atoms with van der Waals surface area (Å²) in [6, 6.07) is 9.34. The van der Waals surface area contributed by atoms with Crippen LogP contribution in [0.15, 0.2) is 35.7 Å². The van der Waals surface area contributed by atoms with Gasteiger partial charge in [0.15, 0.2) is 11.5 Å². The van der Waals surface area contributed by atoms with E-state index in [-0.39, 0.29) is 12.5 Å². The maximum atomic E-state index is 12.1. The van der Waals surface area contributed by atoms with E-state index in [2.05, 4.69) is 10.6 Å². The Morgan fingerprint density at radius 1 is 1.27 bits per heavy atom. The highest BCUT2D eigenvalue weighted by Crippen LogP contribution is 2.30. The third-order valence-electron chi connectivity index (χ3n) is 3.56. The minimum absolute atomic E-state index is 0.0849. The lowest BCUT2D eigenvalue weighted by molar-refractivity contribution is -0.115. The molecular weight excluding hydrogens is 352 g/mol. The molecule has 0 aliphatic rings. The van der Waals surface area contributed by atoms with Crippen molar-refractivity contribution in [3.05, 3.63) is 40.6 Å². The van der Waals surface area contributed by atoms with Crippen LogP contribution in [0.5, 0.6) is 11.5 Å². The van der Waals surface area contributed by atoms with Crippen molar-refractivity contribution in [2.24, 2.45) is 0 Å². The summed E-state index contributed by atoms with van der Waals surface area (Å²) >= 11 is 1.55. The number of carbonyl (C=O) groups is 1. The Labute approximate surface area is 158 Å². The van der Waals surface area contributed by atoms with Crippen LogP contribution in [0.4, 0.5) is 5.69 Å². The molecule has 0 fully saturated rings. The molecule has 0 radical (unpaired) electrons. The van der Waals surface area contributed by atoms with E-state index in [9.17, 15) is 9.90 Å². The molecule has 1 amide bonds. The van der Waals surface area contributed by atoms with Crippen LogP contribution >= 0.6 is 11.3 Å². The van der Waals surface area contributed by atoms with Crippen molar-refractivity contribution in [2.75, 3.05) is 25.6 Å². The summed E-state index contributed by atoms with van der Waals surface area (Å²) in [4.78, 5) is 13.1. The van der Waals surface area contributed by atoms with Gasteiger partial charge in [0.2, 0.25) is 5.91 Å². The Hall–Kier alpha value is -2.09. The normalized spacial score (nSPS) is 12.0. The predicted molar refractivity (Wildman–Crippen MR) is 104 cm³/mol. The van der Waals surface area contributed by atoms with Crippen molar-refractivity contribution in [1.29, 1.82) is 0 Å². The third-order valence-corrected chi connectivity index (χ3v) is 4.43. The van der Waals surface area contributed by atoms with E-state index >= 15 is 0 Å². The number of aliphatic hydroxyl groups is 1. The van der Waals surface area contributed by atoms with Crippen molar-refractivity contribution < 1.29 is 19.4 Å². The van der Waals surface area contributed by atoms with Gasteiger partial charge in [-0.3, -0.25) is 4.79 Å². The molecule has 1 unspecified atom stereocenters. The van der Waals surface area contributed by atoms with E-state index in [4.69, 9.17) is 9.47 Å². The zero-order valence-electron chi connectivity index (χ0n) is 15.3. The number of amides is 1. The minimum Gasteiger partial charge on any atom is -0.493 e. The van der Waals surface area contributed by atoms with Gasteiger partial charge in [0.1, 0.15) is 12.7 Å². The SMILES string of the molecule is COc1cc(NC(=O)Cc2cccs2)ccc1OCC(O)CNC(C)C. The number of benzene rings is 1. The Bertz CT molecular complexity index is 689. The van der Waals surface area contributed by atoms with Crippen LogP contribution in [0.25, 0.3) is 0 Å². The van der Waals surface area contributed by atoms with E-state index in [1.807, 2.05) is 31.4 Å². The molecule has 2 aromatic rings. The molecule has 1 heterocycles. The lowest BCUT2D eigenvalue weighted by atomic mass is 10.2. The van der Waals surface area contributed by atoms with Gasteiger partial charge in [0.25, 0.3) is 0 Å². The largest absolute Gasteiger partial charge is 0.493 e. The van der Waals surface area contributed by atoms with E-state index < -0.39 is 6.10 Å². The van der Waals surface area contributed by atoms with Crippen molar-refractivity contribution in [1.82, 2.24) is 5.32 Å². The molecule has 1 aromatic carbocycles. The number of rotatable bonds is 10. The fourth-order valence-corrected chi connectivity index (χ4v) is 2.96. The van der Waals surface area contributed by atoms with Crippen LogP contribution in [-0.4, -0.2) is 43.4 Å². The number of methoxy groups -OCH3 is 1. The summed E-state index contributed by atoms with van der Waals surface area (Å²) in [5, 5.41) is 17.9. The van der Waals surface area contributed by atoms with Crippen LogP contribution in [0.1, 0.15) is 18.7 Å². The van der Waals surface area contributed by atoms with Gasteiger partial charge in [0.05, 0.1) is 13.5 Å². The van der Waals surface area contributed by atoms with Crippen LogP contribution < -0.4 is 20.1 Å². The Morgan fingerprint density at radius 3 is 2.73 bits per heavy atom. The maximum Gasteiger partial charge on any atom is 0.229 e. The van der Waals surface area contributed by atoms with Gasteiger partial charge in [-0.2, -0.15) is 0 Å². The molecule has 2 rings (SSSR count). The fraction of sp³-hybridized carbons (Fsp3) is 0.421. The second-order valence-corrected chi connectivity index (χ2v) is 7.23. The topological polar surface area (TPSA) is 79.8 Å². The molecule has 1 atom stereocenters. The molecule has 7 heteroatoms. The second-order valence-electron chi connectivity index (χ2n) is 6.20. The zero-order chi connectivity index (χ0) is 18.9. The van der Waals surface area contributed by atoms with Gasteiger partial charge in [-0.15, -0.1) is 11.3 Å². The molecule has 0 aliphatic heterocycles. The number of hydrogen-bond acceptors (Lipinski definition) is 6. The van der Waals surface area contributed by atoms with Crippen LogP contribution in [0, 0.1) is 0 Å². The first-order valence-electron chi connectivity index (χ1n) is 8.52. The zero-order valence-corrected chi connectivity index (χ0v) is 16.1. The van der Waals surface area contributed by atoms with E-state index in [0.717, 1.165) is 4.88 Å². The smallest absolute Gasteiger partial charge is 0.229 e. The molecule has 6 nitrogen and oxygen atoms in total. The summed E-state index contributed by atoms with van der Waals surface area (Å²) < 4.78 is 11.0. The Balaban J connectivity index is 1.90. The first-order valence-corrected chi connectivity index (χ1v) is 9.40. The fourth-order valence-electron chi connectivity index (χ4n) is 2.26. The molecule has 1 aromatic heterocycles. The number of aliphatic hydroxyl groups excluding tert-OH is 1. The minimum atomic E-state index is -0.618. The number of carbonyl (C=O) groups excluding carboxylic acids is 1. The summed E-state index contributed by atoms with van der Waals surface area (Å²) in [6.07, 6.45) is -0.278. The van der Waals surface area contributed by atoms with E-state index in [1.54, 1.807) is 29.5 Å². The highest BCUT2D eigenvalue weighted by Gasteiger charge is 2.11. The van der Waals surface area contributed by atoms with Gasteiger partial charge >= 0.3 is 0 Å². The van der Waals surface area contributed by atoms with Gasteiger partial charge in [-0.25, -0.2) is 0 Å². The monoisotopic (exact) mass is 378 g/mol. The summed E-state index contributed by atoms with van der Waals surface area (Å²) in [7, 11) is 1.54. The molecule has 0 saturated carbocycles. The number of anilines is 1. The summed E-state index contributed by atoms with van der Waals surface area (Å²) in [6.45, 7) is 4.64. The molecule has 0 saturated heterocycles. The summed E-state index contributed by atoms with van der Waals surface area (Å²) in [5.74, 6) is 0.939. The Morgan fingerprint density at radius 2 is 2.08 bits per heavy atom. The Kier molecular flexibility index (Phi) is 7.90. The molecule has 0 aliphatic carbocycles. The molecule has 0 bridgehead atoms. The van der Waals surface area contributed by atoms with Gasteiger partial charge in [0, 0.05) is 29.2 Å².